The Balaban J connectivity index is 3.61. The van der Waals surface area contributed by atoms with Crippen LogP contribution in [0.5, 0.6) is 5.75 Å². The van der Waals surface area contributed by atoms with E-state index < -0.39 is 15.5 Å². The molecule has 1 N–H and O–H groups in total. The molecule has 0 unspecified atom stereocenters. The molecule has 0 spiro atoms. The summed E-state index contributed by atoms with van der Waals surface area (Å²) in [5, 5.41) is 25.5. The second-order valence-electron chi connectivity index (χ2n) is 4.64. The van der Waals surface area contributed by atoms with Crippen molar-refractivity contribution in [1.29, 1.82) is 0 Å². The summed E-state index contributed by atoms with van der Waals surface area (Å²) in [5.74, 6) is 0.0408. The fraction of sp³-hybridized carbons (Fsp3) is 0.538. The van der Waals surface area contributed by atoms with Crippen LogP contribution in [0.4, 0.5) is 17.1 Å². The van der Waals surface area contributed by atoms with Crippen molar-refractivity contribution in [2.45, 2.75) is 39.7 Å². The monoisotopic (exact) mass is 297 g/mol. The minimum absolute atomic E-state index is 0.0408. The smallest absolute Gasteiger partial charge is 0.341 e. The summed E-state index contributed by atoms with van der Waals surface area (Å²) in [4.78, 5) is 21.3. The average molecular weight is 297 g/mol. The predicted octanol–water partition coefficient (Wildman–Crippen LogP) is 3.42. The Hall–Kier alpha value is -2.38. The molecule has 0 heterocycles. The number of nitrogens with zero attached hydrogens (tertiary/aromatic N) is 2. The summed E-state index contributed by atoms with van der Waals surface area (Å²) in [6.07, 6.45) is 1.39. The third kappa shape index (κ3) is 3.39. The van der Waals surface area contributed by atoms with Gasteiger partial charge in [0.15, 0.2) is 5.69 Å². The molecule has 0 aliphatic heterocycles. The van der Waals surface area contributed by atoms with Crippen LogP contribution in [0, 0.1) is 27.2 Å². The van der Waals surface area contributed by atoms with E-state index in [1.165, 1.54) is 13.2 Å². The van der Waals surface area contributed by atoms with Crippen molar-refractivity contribution in [2.24, 2.45) is 0 Å². The van der Waals surface area contributed by atoms with Gasteiger partial charge in [-0.25, -0.2) is 0 Å². The second-order valence-corrected chi connectivity index (χ2v) is 4.64. The molecule has 116 valence electrons. The standard InChI is InChI=1S/C13H19N3O5/c1-5-9(6-2)14-11-10(15(17)18)7-8(3)13(21-4)12(11)16(19)20/h7,9,14H,5-6H2,1-4H3. The van der Waals surface area contributed by atoms with E-state index in [0.29, 0.717) is 18.4 Å². The number of aryl methyl sites for hydroxylation is 1. The van der Waals surface area contributed by atoms with Gasteiger partial charge < -0.3 is 10.1 Å². The second kappa shape index (κ2) is 6.87. The molecule has 0 bridgehead atoms. The molecule has 0 saturated heterocycles. The molecule has 1 aromatic rings. The van der Waals surface area contributed by atoms with Gasteiger partial charge in [-0.1, -0.05) is 13.8 Å². The lowest BCUT2D eigenvalue weighted by Crippen LogP contribution is -2.19. The zero-order valence-corrected chi connectivity index (χ0v) is 12.5. The highest BCUT2D eigenvalue weighted by molar-refractivity contribution is 5.80. The number of ether oxygens (including phenoxy) is 1. The first kappa shape index (κ1) is 16.7. The van der Waals surface area contributed by atoms with E-state index in [4.69, 9.17) is 4.74 Å². The lowest BCUT2D eigenvalue weighted by Gasteiger charge is -2.17. The number of methoxy groups -OCH3 is 1. The average Bonchev–Trinajstić information content (AvgIpc) is 2.44. The van der Waals surface area contributed by atoms with Gasteiger partial charge in [0.05, 0.1) is 17.0 Å². The number of rotatable bonds is 7. The fourth-order valence-corrected chi connectivity index (χ4v) is 2.18. The molecule has 0 amide bonds. The number of hydrogen-bond donors (Lipinski definition) is 1. The van der Waals surface area contributed by atoms with Crippen molar-refractivity contribution in [3.63, 3.8) is 0 Å². The highest BCUT2D eigenvalue weighted by atomic mass is 16.6. The lowest BCUT2D eigenvalue weighted by molar-refractivity contribution is -0.393. The van der Waals surface area contributed by atoms with Gasteiger partial charge in [-0.15, -0.1) is 0 Å². The van der Waals surface area contributed by atoms with Crippen molar-refractivity contribution in [1.82, 2.24) is 0 Å². The third-order valence-corrected chi connectivity index (χ3v) is 3.34. The van der Waals surface area contributed by atoms with Crippen LogP contribution >= 0.6 is 0 Å². The van der Waals surface area contributed by atoms with Crippen LogP contribution in [-0.4, -0.2) is 23.0 Å². The topological polar surface area (TPSA) is 108 Å². The summed E-state index contributed by atoms with van der Waals surface area (Å²) in [5.41, 5.74) is -0.449. The van der Waals surface area contributed by atoms with Crippen molar-refractivity contribution in [3.05, 3.63) is 31.9 Å². The quantitative estimate of drug-likeness (QED) is 0.610. The van der Waals surface area contributed by atoms with Gasteiger partial charge in [0.1, 0.15) is 0 Å². The van der Waals surface area contributed by atoms with Crippen LogP contribution in [-0.2, 0) is 0 Å². The van der Waals surface area contributed by atoms with Crippen molar-refractivity contribution >= 4 is 17.1 Å². The van der Waals surface area contributed by atoms with Crippen molar-refractivity contribution in [3.8, 4) is 5.75 Å². The molecule has 0 aliphatic rings. The highest BCUT2D eigenvalue weighted by Crippen LogP contribution is 2.44. The largest absolute Gasteiger partial charge is 0.490 e. The molecular weight excluding hydrogens is 278 g/mol. The Morgan fingerprint density at radius 3 is 2.19 bits per heavy atom. The van der Waals surface area contributed by atoms with E-state index in [9.17, 15) is 20.2 Å². The first-order valence-electron chi connectivity index (χ1n) is 6.64. The number of hydrogen-bond acceptors (Lipinski definition) is 6. The summed E-state index contributed by atoms with van der Waals surface area (Å²) >= 11 is 0. The molecule has 0 saturated carbocycles. The van der Waals surface area contributed by atoms with E-state index in [-0.39, 0.29) is 23.2 Å². The summed E-state index contributed by atoms with van der Waals surface area (Å²) in [6.45, 7) is 5.36. The molecule has 8 nitrogen and oxygen atoms in total. The SMILES string of the molecule is CCC(CC)Nc1c([N+](=O)[O-])cc(C)c(OC)c1[N+](=O)[O-]. The van der Waals surface area contributed by atoms with E-state index in [0.717, 1.165) is 0 Å². The Morgan fingerprint density at radius 2 is 1.81 bits per heavy atom. The normalized spacial score (nSPS) is 10.5. The molecule has 0 aliphatic carbocycles. The van der Waals surface area contributed by atoms with Crippen LogP contribution in [0.25, 0.3) is 0 Å². The fourth-order valence-electron chi connectivity index (χ4n) is 2.18. The molecular formula is C13H19N3O5. The number of anilines is 1. The predicted molar refractivity (Wildman–Crippen MR) is 79.0 cm³/mol. The van der Waals surface area contributed by atoms with Crippen molar-refractivity contribution < 1.29 is 14.6 Å². The molecule has 1 aromatic carbocycles. The van der Waals surface area contributed by atoms with Gasteiger partial charge in [-0.2, -0.15) is 0 Å². The lowest BCUT2D eigenvalue weighted by atomic mass is 10.1. The van der Waals surface area contributed by atoms with Gasteiger partial charge in [-0.3, -0.25) is 20.2 Å². The maximum atomic E-state index is 11.3. The van der Waals surface area contributed by atoms with E-state index in [1.807, 2.05) is 13.8 Å². The van der Waals surface area contributed by atoms with Gasteiger partial charge in [0, 0.05) is 17.7 Å². The van der Waals surface area contributed by atoms with E-state index in [1.54, 1.807) is 6.92 Å². The zero-order valence-electron chi connectivity index (χ0n) is 12.5. The molecule has 21 heavy (non-hydrogen) atoms. The number of benzene rings is 1. The maximum absolute atomic E-state index is 11.3. The molecule has 8 heteroatoms. The Kier molecular flexibility index (Phi) is 5.45. The van der Waals surface area contributed by atoms with Crippen LogP contribution < -0.4 is 10.1 Å². The minimum Gasteiger partial charge on any atom is -0.490 e. The van der Waals surface area contributed by atoms with Gasteiger partial charge in [0.25, 0.3) is 5.69 Å². The van der Waals surface area contributed by atoms with Crippen LogP contribution in [0.1, 0.15) is 32.3 Å². The third-order valence-electron chi connectivity index (χ3n) is 3.34. The Labute approximate surface area is 122 Å². The number of nitro benzene ring substituents is 2. The Bertz CT molecular complexity index is 555. The minimum atomic E-state index is -0.649. The van der Waals surface area contributed by atoms with E-state index in [2.05, 4.69) is 5.32 Å². The first-order chi connectivity index (χ1) is 9.87. The van der Waals surface area contributed by atoms with Gasteiger partial charge >= 0.3 is 5.69 Å². The summed E-state index contributed by atoms with van der Waals surface area (Å²) in [6, 6.07) is 1.20. The van der Waals surface area contributed by atoms with Crippen molar-refractivity contribution in [2.75, 3.05) is 12.4 Å². The summed E-state index contributed by atoms with van der Waals surface area (Å²) in [7, 11) is 1.31. The van der Waals surface area contributed by atoms with Crippen LogP contribution in [0.2, 0.25) is 0 Å². The van der Waals surface area contributed by atoms with Gasteiger partial charge in [0.2, 0.25) is 5.75 Å². The number of nitro groups is 2. The van der Waals surface area contributed by atoms with Gasteiger partial charge in [-0.05, 0) is 19.8 Å². The zero-order chi connectivity index (χ0) is 16.2. The molecule has 0 aromatic heterocycles. The first-order valence-corrected chi connectivity index (χ1v) is 6.64. The van der Waals surface area contributed by atoms with Crippen LogP contribution in [0.3, 0.4) is 0 Å². The highest BCUT2D eigenvalue weighted by Gasteiger charge is 2.32. The molecule has 1 rings (SSSR count). The molecule has 0 radical (unpaired) electrons. The summed E-state index contributed by atoms with van der Waals surface area (Å²) < 4.78 is 5.06. The maximum Gasteiger partial charge on any atom is 0.341 e. The Morgan fingerprint density at radius 1 is 1.24 bits per heavy atom. The molecule has 0 atom stereocenters. The van der Waals surface area contributed by atoms with E-state index >= 15 is 0 Å². The number of nitrogens with one attached hydrogen (secondary N) is 1. The van der Waals surface area contributed by atoms with Crippen LogP contribution in [0.15, 0.2) is 6.07 Å². The molecule has 0 fully saturated rings.